The van der Waals surface area contributed by atoms with Gasteiger partial charge < -0.3 is 9.80 Å². The molecule has 0 bridgehead atoms. The minimum Gasteiger partial charge on any atom is -0.337 e. The minimum atomic E-state index is -3.32. The molecule has 32 heavy (non-hydrogen) atoms. The van der Waals surface area contributed by atoms with E-state index in [9.17, 15) is 18.0 Å². The molecule has 4 rings (SSSR count). The quantitative estimate of drug-likeness (QED) is 0.601. The Bertz CT molecular complexity index is 1140. The number of benzene rings is 2. The summed E-state index contributed by atoms with van der Waals surface area (Å²) in [6, 6.07) is 13.4. The van der Waals surface area contributed by atoms with Crippen molar-refractivity contribution in [2.75, 3.05) is 29.5 Å². The van der Waals surface area contributed by atoms with Crippen molar-refractivity contribution in [3.05, 3.63) is 64.7 Å². The fourth-order valence-corrected chi connectivity index (χ4v) is 6.55. The summed E-state index contributed by atoms with van der Waals surface area (Å²) >= 11 is 6.27. The Morgan fingerprint density at radius 2 is 1.81 bits per heavy atom. The standard InChI is InChI=1S/C23H26ClN3O4S/c1-3-25(12-17-7-5-4-6-8-17)22(28)13-26-20-14-32(30,31)15-21(20)27(23(26)29)18-10-9-16(2)19(24)11-18/h4-11,20-21H,3,12-15H2,1-2H3/t20-,21+/m1/s1. The lowest BCUT2D eigenvalue weighted by Gasteiger charge is -2.26. The molecule has 0 spiro atoms. The predicted octanol–water partition coefficient (Wildman–Crippen LogP) is 3.10. The Morgan fingerprint density at radius 3 is 2.47 bits per heavy atom. The number of anilines is 1. The molecule has 2 fully saturated rings. The van der Waals surface area contributed by atoms with Crippen LogP contribution in [0.1, 0.15) is 18.1 Å². The lowest BCUT2D eigenvalue weighted by Crippen LogP contribution is -2.45. The second kappa shape index (κ2) is 8.75. The zero-order chi connectivity index (χ0) is 23.0. The van der Waals surface area contributed by atoms with Gasteiger partial charge >= 0.3 is 6.03 Å². The van der Waals surface area contributed by atoms with Crippen LogP contribution in [0.15, 0.2) is 48.5 Å². The molecule has 0 N–H and O–H groups in total. The van der Waals surface area contributed by atoms with E-state index in [0.717, 1.165) is 11.1 Å². The third-order valence-corrected chi connectivity index (χ3v) is 8.27. The average molecular weight is 476 g/mol. The van der Waals surface area contributed by atoms with Gasteiger partial charge in [-0.1, -0.05) is 48.0 Å². The molecule has 2 heterocycles. The molecule has 2 aliphatic rings. The van der Waals surface area contributed by atoms with Crippen molar-refractivity contribution < 1.29 is 18.0 Å². The number of fused-ring (bicyclic) bond motifs is 1. The number of hydrogen-bond acceptors (Lipinski definition) is 4. The van der Waals surface area contributed by atoms with Gasteiger partial charge in [-0.2, -0.15) is 0 Å². The van der Waals surface area contributed by atoms with Crippen LogP contribution in [0.3, 0.4) is 0 Å². The SMILES string of the molecule is CCN(Cc1ccccc1)C(=O)CN1C(=O)N(c2ccc(C)c(Cl)c2)[C@H]2CS(=O)(=O)C[C@H]21. The normalized spacial score (nSPS) is 21.7. The zero-order valence-electron chi connectivity index (χ0n) is 18.1. The predicted molar refractivity (Wildman–Crippen MR) is 125 cm³/mol. The molecule has 170 valence electrons. The largest absolute Gasteiger partial charge is 0.337 e. The molecule has 2 atom stereocenters. The monoisotopic (exact) mass is 475 g/mol. The highest BCUT2D eigenvalue weighted by Gasteiger charge is 2.54. The molecule has 0 unspecified atom stereocenters. The number of carbonyl (C=O) groups is 2. The van der Waals surface area contributed by atoms with Crippen molar-refractivity contribution in [3.63, 3.8) is 0 Å². The van der Waals surface area contributed by atoms with Gasteiger partial charge in [0.05, 0.1) is 23.6 Å². The number of nitrogens with zero attached hydrogens (tertiary/aromatic N) is 3. The number of halogens is 1. The van der Waals surface area contributed by atoms with Crippen LogP contribution in [-0.2, 0) is 21.2 Å². The number of sulfone groups is 1. The second-order valence-electron chi connectivity index (χ2n) is 8.32. The molecule has 2 aliphatic heterocycles. The van der Waals surface area contributed by atoms with E-state index in [2.05, 4.69) is 0 Å². The number of amides is 3. The molecule has 7 nitrogen and oxygen atoms in total. The number of aryl methyl sites for hydroxylation is 1. The van der Waals surface area contributed by atoms with E-state index in [-0.39, 0.29) is 30.0 Å². The summed E-state index contributed by atoms with van der Waals surface area (Å²) in [5.41, 5.74) is 2.40. The van der Waals surface area contributed by atoms with E-state index in [0.29, 0.717) is 23.8 Å². The van der Waals surface area contributed by atoms with Crippen molar-refractivity contribution in [3.8, 4) is 0 Å². The van der Waals surface area contributed by atoms with E-state index in [1.807, 2.05) is 44.2 Å². The third-order valence-electron chi connectivity index (χ3n) is 6.17. The van der Waals surface area contributed by atoms with Gasteiger partial charge in [-0.25, -0.2) is 13.2 Å². The Labute approximate surface area is 193 Å². The van der Waals surface area contributed by atoms with E-state index >= 15 is 0 Å². The van der Waals surface area contributed by atoms with Gasteiger partial charge in [0.2, 0.25) is 5.91 Å². The third kappa shape index (κ3) is 4.34. The molecule has 0 aromatic heterocycles. The van der Waals surface area contributed by atoms with Gasteiger partial charge in [-0.15, -0.1) is 0 Å². The molecule has 3 amide bonds. The first-order chi connectivity index (χ1) is 15.2. The van der Waals surface area contributed by atoms with Crippen LogP contribution in [0, 0.1) is 6.92 Å². The maximum atomic E-state index is 13.4. The van der Waals surface area contributed by atoms with Gasteiger partial charge in [-0.05, 0) is 37.1 Å². The summed E-state index contributed by atoms with van der Waals surface area (Å²) in [5.74, 6) is -0.477. The smallest absolute Gasteiger partial charge is 0.325 e. The van der Waals surface area contributed by atoms with E-state index in [1.165, 1.54) is 9.80 Å². The van der Waals surface area contributed by atoms with E-state index < -0.39 is 21.9 Å². The van der Waals surface area contributed by atoms with Crippen LogP contribution in [0.25, 0.3) is 0 Å². The number of carbonyl (C=O) groups excluding carboxylic acids is 2. The van der Waals surface area contributed by atoms with Crippen molar-refractivity contribution in [2.24, 2.45) is 0 Å². The first kappa shape index (κ1) is 22.6. The second-order valence-corrected chi connectivity index (χ2v) is 10.9. The Hall–Kier alpha value is -2.58. The minimum absolute atomic E-state index is 0.124. The highest BCUT2D eigenvalue weighted by Crippen LogP contribution is 2.36. The summed E-state index contributed by atoms with van der Waals surface area (Å²) in [7, 11) is -3.32. The maximum Gasteiger partial charge on any atom is 0.325 e. The Morgan fingerprint density at radius 1 is 1.12 bits per heavy atom. The fraction of sp³-hybridized carbons (Fsp3) is 0.391. The summed E-state index contributed by atoms with van der Waals surface area (Å²) in [4.78, 5) is 31.1. The molecule has 2 aromatic rings. The first-order valence-electron chi connectivity index (χ1n) is 10.6. The van der Waals surface area contributed by atoms with E-state index in [4.69, 9.17) is 11.6 Å². The van der Waals surface area contributed by atoms with Gasteiger partial charge in [-0.3, -0.25) is 9.69 Å². The van der Waals surface area contributed by atoms with Crippen molar-refractivity contribution in [1.82, 2.24) is 9.80 Å². The summed E-state index contributed by atoms with van der Waals surface area (Å²) in [6.07, 6.45) is 0. The summed E-state index contributed by atoms with van der Waals surface area (Å²) in [6.45, 7) is 4.50. The number of likely N-dealkylation sites (N-methyl/N-ethyl adjacent to an activating group) is 1. The lowest BCUT2D eigenvalue weighted by atomic mass is 10.1. The Balaban J connectivity index is 1.59. The van der Waals surface area contributed by atoms with Crippen molar-refractivity contribution >= 4 is 39.1 Å². The van der Waals surface area contributed by atoms with Crippen LogP contribution >= 0.6 is 11.6 Å². The van der Waals surface area contributed by atoms with Crippen molar-refractivity contribution in [2.45, 2.75) is 32.5 Å². The summed E-state index contributed by atoms with van der Waals surface area (Å²) < 4.78 is 24.9. The lowest BCUT2D eigenvalue weighted by molar-refractivity contribution is -0.132. The van der Waals surface area contributed by atoms with Gasteiger partial charge in [0.15, 0.2) is 9.84 Å². The molecule has 2 aromatic carbocycles. The van der Waals surface area contributed by atoms with Crippen LogP contribution in [0.4, 0.5) is 10.5 Å². The first-order valence-corrected chi connectivity index (χ1v) is 12.8. The van der Waals surface area contributed by atoms with Crippen LogP contribution in [0.2, 0.25) is 5.02 Å². The van der Waals surface area contributed by atoms with Crippen molar-refractivity contribution in [1.29, 1.82) is 0 Å². The van der Waals surface area contributed by atoms with Crippen LogP contribution in [-0.4, -0.2) is 66.8 Å². The van der Waals surface area contributed by atoms with Gasteiger partial charge in [0, 0.05) is 23.8 Å². The van der Waals surface area contributed by atoms with Crippen LogP contribution < -0.4 is 4.90 Å². The number of rotatable bonds is 6. The summed E-state index contributed by atoms with van der Waals surface area (Å²) in [5, 5.41) is 0.502. The topological polar surface area (TPSA) is 78.0 Å². The highest BCUT2D eigenvalue weighted by atomic mass is 35.5. The number of hydrogen-bond donors (Lipinski definition) is 0. The number of urea groups is 1. The Kier molecular flexibility index (Phi) is 6.18. The molecule has 0 aliphatic carbocycles. The molecule has 0 radical (unpaired) electrons. The van der Waals surface area contributed by atoms with Crippen LogP contribution in [0.5, 0.6) is 0 Å². The van der Waals surface area contributed by atoms with Gasteiger partial charge in [0.25, 0.3) is 0 Å². The molecule has 2 saturated heterocycles. The van der Waals surface area contributed by atoms with E-state index in [1.54, 1.807) is 23.1 Å². The fourth-order valence-electron chi connectivity index (χ4n) is 4.42. The molecule has 0 saturated carbocycles. The molecular formula is C23H26ClN3O4S. The van der Waals surface area contributed by atoms with Gasteiger partial charge in [0.1, 0.15) is 6.54 Å². The maximum absolute atomic E-state index is 13.4. The molecule has 9 heteroatoms. The zero-order valence-corrected chi connectivity index (χ0v) is 19.6. The highest BCUT2D eigenvalue weighted by molar-refractivity contribution is 7.91. The average Bonchev–Trinajstić information content (AvgIpc) is 3.19. The molecular weight excluding hydrogens is 450 g/mol.